The van der Waals surface area contributed by atoms with Gasteiger partial charge in [0.1, 0.15) is 14.7 Å². The molecule has 0 fully saturated rings. The molecule has 0 unspecified atom stereocenters. The maximum Gasteiger partial charge on any atom is 0.407 e. The van der Waals surface area contributed by atoms with Gasteiger partial charge in [0.2, 0.25) is 0 Å². The SMILES string of the molecule is C[Si](C)(C)C#Cc1cc(N)cc(CNC(=O)OCC2c3ccccc3-c3ccccc32)c1. The van der Waals surface area contributed by atoms with Gasteiger partial charge in [0, 0.05) is 23.7 Å². The number of anilines is 1. The van der Waals surface area contributed by atoms with E-state index >= 15 is 0 Å². The second-order valence-corrected chi connectivity index (χ2v) is 13.9. The van der Waals surface area contributed by atoms with Crippen molar-refractivity contribution in [2.75, 3.05) is 12.3 Å². The van der Waals surface area contributed by atoms with E-state index in [4.69, 9.17) is 10.5 Å². The molecule has 3 aromatic rings. The molecule has 1 aliphatic carbocycles. The van der Waals surface area contributed by atoms with Gasteiger partial charge < -0.3 is 15.8 Å². The second-order valence-electron chi connectivity index (χ2n) is 9.14. The standard InChI is InChI=1S/C27H28N2O2Si/c1-32(2,3)13-12-19-14-20(16-21(28)15-19)17-29-27(30)31-18-26-24-10-6-4-8-22(24)23-9-5-7-11-25(23)26/h4-11,14-16,26H,17-18,28H2,1-3H3,(H,29,30). The molecule has 0 spiro atoms. The van der Waals surface area contributed by atoms with Crippen molar-refractivity contribution in [1.82, 2.24) is 5.32 Å². The molecule has 0 saturated heterocycles. The van der Waals surface area contributed by atoms with Gasteiger partial charge in [0.25, 0.3) is 0 Å². The van der Waals surface area contributed by atoms with E-state index in [0.29, 0.717) is 18.8 Å². The van der Waals surface area contributed by atoms with Crippen molar-refractivity contribution < 1.29 is 9.53 Å². The van der Waals surface area contributed by atoms with E-state index in [1.165, 1.54) is 22.3 Å². The van der Waals surface area contributed by atoms with Crippen molar-refractivity contribution in [2.24, 2.45) is 0 Å². The normalized spacial score (nSPS) is 12.3. The number of carbonyl (C=O) groups is 1. The van der Waals surface area contributed by atoms with Crippen molar-refractivity contribution in [3.63, 3.8) is 0 Å². The molecule has 0 atom stereocenters. The first-order valence-electron chi connectivity index (χ1n) is 10.8. The van der Waals surface area contributed by atoms with Crippen LogP contribution < -0.4 is 11.1 Å². The minimum absolute atomic E-state index is 0.0453. The van der Waals surface area contributed by atoms with Crippen LogP contribution in [0.4, 0.5) is 10.5 Å². The highest BCUT2D eigenvalue weighted by molar-refractivity contribution is 6.83. The lowest BCUT2D eigenvalue weighted by atomic mass is 9.98. The van der Waals surface area contributed by atoms with Crippen LogP contribution in [0.5, 0.6) is 0 Å². The lowest BCUT2D eigenvalue weighted by molar-refractivity contribution is 0.142. The number of hydrogen-bond acceptors (Lipinski definition) is 3. The van der Waals surface area contributed by atoms with Crippen molar-refractivity contribution in [3.05, 3.63) is 89.0 Å². The zero-order valence-electron chi connectivity index (χ0n) is 18.7. The van der Waals surface area contributed by atoms with Crippen molar-refractivity contribution in [2.45, 2.75) is 32.1 Å². The summed E-state index contributed by atoms with van der Waals surface area (Å²) in [6.45, 7) is 7.23. The molecule has 0 aliphatic heterocycles. The topological polar surface area (TPSA) is 64.3 Å². The van der Waals surface area contributed by atoms with E-state index in [9.17, 15) is 4.79 Å². The van der Waals surface area contributed by atoms with Gasteiger partial charge >= 0.3 is 6.09 Å². The van der Waals surface area contributed by atoms with Crippen LogP contribution in [0.2, 0.25) is 19.6 Å². The smallest absolute Gasteiger partial charge is 0.407 e. The first-order valence-corrected chi connectivity index (χ1v) is 14.3. The average molecular weight is 441 g/mol. The van der Waals surface area contributed by atoms with E-state index in [0.717, 1.165) is 11.1 Å². The quantitative estimate of drug-likeness (QED) is 0.318. The number of rotatable bonds is 4. The van der Waals surface area contributed by atoms with E-state index in [2.05, 4.69) is 60.7 Å². The summed E-state index contributed by atoms with van der Waals surface area (Å²) in [5, 5.41) is 2.84. The largest absolute Gasteiger partial charge is 0.449 e. The van der Waals surface area contributed by atoms with Crippen molar-refractivity contribution in [3.8, 4) is 22.6 Å². The molecule has 3 aromatic carbocycles. The zero-order chi connectivity index (χ0) is 22.7. The number of carbonyl (C=O) groups excluding carboxylic acids is 1. The zero-order valence-corrected chi connectivity index (χ0v) is 19.7. The average Bonchev–Trinajstić information content (AvgIpc) is 3.08. The monoisotopic (exact) mass is 440 g/mol. The number of alkyl carbamates (subject to hydrolysis) is 1. The van der Waals surface area contributed by atoms with Crippen LogP contribution in [-0.4, -0.2) is 20.8 Å². The summed E-state index contributed by atoms with van der Waals surface area (Å²) >= 11 is 0. The lowest BCUT2D eigenvalue weighted by Crippen LogP contribution is -2.25. The molecule has 3 N–H and O–H groups in total. The van der Waals surface area contributed by atoms with Crippen LogP contribution in [0.25, 0.3) is 11.1 Å². The minimum atomic E-state index is -1.48. The fourth-order valence-corrected chi connectivity index (χ4v) is 4.50. The Labute approximate surface area is 190 Å². The second kappa shape index (κ2) is 8.94. The maximum absolute atomic E-state index is 12.4. The van der Waals surface area contributed by atoms with E-state index in [-0.39, 0.29) is 5.92 Å². The Morgan fingerprint density at radius 2 is 1.62 bits per heavy atom. The Morgan fingerprint density at radius 1 is 1.00 bits per heavy atom. The number of nitrogens with one attached hydrogen (secondary N) is 1. The molecule has 5 heteroatoms. The summed E-state index contributed by atoms with van der Waals surface area (Å²) < 4.78 is 5.61. The summed E-state index contributed by atoms with van der Waals surface area (Å²) in [7, 11) is -1.48. The lowest BCUT2D eigenvalue weighted by Gasteiger charge is -2.14. The van der Waals surface area contributed by atoms with Gasteiger partial charge in [-0.3, -0.25) is 0 Å². The minimum Gasteiger partial charge on any atom is -0.449 e. The molecule has 1 aliphatic rings. The molecule has 0 radical (unpaired) electrons. The first-order chi connectivity index (χ1) is 15.3. The Balaban J connectivity index is 1.39. The molecule has 0 aromatic heterocycles. The summed E-state index contributed by atoms with van der Waals surface area (Å²) in [6, 6.07) is 22.3. The number of hydrogen-bond donors (Lipinski definition) is 2. The summed E-state index contributed by atoms with van der Waals surface area (Å²) in [5.74, 6) is 3.27. The summed E-state index contributed by atoms with van der Waals surface area (Å²) in [5.41, 5.74) is 16.6. The third-order valence-electron chi connectivity index (χ3n) is 5.38. The fourth-order valence-electron chi connectivity index (χ4n) is 3.98. The number of benzene rings is 3. The number of nitrogens with two attached hydrogens (primary N) is 1. The number of amides is 1. The van der Waals surface area contributed by atoms with Gasteiger partial charge in [-0.15, -0.1) is 5.54 Å². The van der Waals surface area contributed by atoms with E-state index in [1.807, 2.05) is 42.5 Å². The van der Waals surface area contributed by atoms with Gasteiger partial charge in [-0.05, 0) is 46.0 Å². The third kappa shape index (κ3) is 5.04. The molecule has 1 amide bonds. The molecule has 4 rings (SSSR count). The van der Waals surface area contributed by atoms with Gasteiger partial charge in [-0.1, -0.05) is 74.1 Å². The molecule has 0 heterocycles. The molecule has 4 nitrogen and oxygen atoms in total. The number of fused-ring (bicyclic) bond motifs is 3. The summed E-state index contributed by atoms with van der Waals surface area (Å²) in [4.78, 5) is 12.4. The predicted molar refractivity (Wildman–Crippen MR) is 133 cm³/mol. The molecular formula is C27H28N2O2Si. The molecule has 0 bridgehead atoms. The number of ether oxygens (including phenoxy) is 1. The Bertz CT molecular complexity index is 1170. The maximum atomic E-state index is 12.4. The van der Waals surface area contributed by atoms with E-state index in [1.54, 1.807) is 0 Å². The van der Waals surface area contributed by atoms with Crippen LogP contribution in [0.1, 0.15) is 28.2 Å². The number of nitrogen functional groups attached to an aromatic ring is 1. The third-order valence-corrected chi connectivity index (χ3v) is 6.25. The van der Waals surface area contributed by atoms with Crippen molar-refractivity contribution in [1.29, 1.82) is 0 Å². The highest BCUT2D eigenvalue weighted by Crippen LogP contribution is 2.44. The van der Waals surface area contributed by atoms with Gasteiger partial charge in [0.15, 0.2) is 0 Å². The van der Waals surface area contributed by atoms with Crippen molar-refractivity contribution >= 4 is 19.9 Å². The van der Waals surface area contributed by atoms with Gasteiger partial charge in [0.05, 0.1) is 0 Å². The molecule has 32 heavy (non-hydrogen) atoms. The van der Waals surface area contributed by atoms with Crippen LogP contribution in [0.15, 0.2) is 66.7 Å². The highest BCUT2D eigenvalue weighted by Gasteiger charge is 2.28. The highest BCUT2D eigenvalue weighted by atomic mass is 28.3. The summed E-state index contributed by atoms with van der Waals surface area (Å²) in [6.07, 6.45) is -0.441. The molecule has 0 saturated carbocycles. The molecular weight excluding hydrogens is 412 g/mol. The van der Waals surface area contributed by atoms with Crippen LogP contribution in [-0.2, 0) is 11.3 Å². The Kier molecular flexibility index (Phi) is 6.07. The Hall–Kier alpha value is -3.49. The predicted octanol–water partition coefficient (Wildman–Crippen LogP) is 5.54. The van der Waals surface area contributed by atoms with E-state index < -0.39 is 14.2 Å². The fraction of sp³-hybridized carbons (Fsp3) is 0.222. The van der Waals surface area contributed by atoms with Crippen LogP contribution >= 0.6 is 0 Å². The molecule has 162 valence electrons. The van der Waals surface area contributed by atoms with Gasteiger partial charge in [-0.2, -0.15) is 0 Å². The Morgan fingerprint density at radius 3 is 2.25 bits per heavy atom. The first kappa shape index (κ1) is 21.7. The van der Waals surface area contributed by atoms with Gasteiger partial charge in [-0.25, -0.2) is 4.79 Å². The van der Waals surface area contributed by atoms with Crippen LogP contribution in [0.3, 0.4) is 0 Å². The van der Waals surface area contributed by atoms with Crippen LogP contribution in [0, 0.1) is 11.5 Å².